The Morgan fingerprint density at radius 3 is 2.39 bits per heavy atom. The molecule has 31 heavy (non-hydrogen) atoms. The number of ketones is 1. The number of benzene rings is 1. The molecule has 4 rings (SSSR count). The van der Waals surface area contributed by atoms with Crippen molar-refractivity contribution < 1.29 is 23.8 Å². The molecule has 1 aromatic carbocycles. The molecule has 0 bridgehead atoms. The quantitative estimate of drug-likeness (QED) is 0.777. The van der Waals surface area contributed by atoms with Crippen LogP contribution in [-0.4, -0.2) is 23.5 Å². The Balaban J connectivity index is 2.05. The average molecular weight is 423 g/mol. The molecule has 0 spiro atoms. The zero-order valence-corrected chi connectivity index (χ0v) is 18.9. The summed E-state index contributed by atoms with van der Waals surface area (Å²) in [6.07, 6.45) is 6.19. The Labute approximate surface area is 182 Å². The fraction of sp³-hybridized carbons (Fsp3) is 0.462. The van der Waals surface area contributed by atoms with E-state index in [4.69, 9.17) is 9.15 Å². The number of ether oxygens (including phenoxy) is 1. The van der Waals surface area contributed by atoms with E-state index in [0.717, 1.165) is 19.3 Å². The minimum Gasteiger partial charge on any atom is -0.493 e. The van der Waals surface area contributed by atoms with Crippen molar-refractivity contribution in [2.24, 2.45) is 0 Å². The maximum atomic E-state index is 12.2. The van der Waals surface area contributed by atoms with Crippen LogP contribution in [0.1, 0.15) is 81.8 Å². The monoisotopic (exact) mass is 422 g/mol. The first kappa shape index (κ1) is 21.4. The van der Waals surface area contributed by atoms with Gasteiger partial charge in [0.05, 0.1) is 12.2 Å². The third-order valence-electron chi connectivity index (χ3n) is 6.64. The summed E-state index contributed by atoms with van der Waals surface area (Å²) < 4.78 is 12.2. The molecule has 164 valence electrons. The van der Waals surface area contributed by atoms with Crippen molar-refractivity contribution >= 4 is 23.9 Å². The van der Waals surface area contributed by atoms with Gasteiger partial charge in [-0.05, 0) is 65.5 Å². The number of hydrogen-bond acceptors (Lipinski definition) is 4. The van der Waals surface area contributed by atoms with Crippen molar-refractivity contribution in [1.29, 1.82) is 0 Å². The fourth-order valence-electron chi connectivity index (χ4n) is 4.67. The second-order valence-electron chi connectivity index (χ2n) is 9.92. The van der Waals surface area contributed by atoms with E-state index in [0.29, 0.717) is 28.6 Å². The third-order valence-corrected chi connectivity index (χ3v) is 6.64. The van der Waals surface area contributed by atoms with Gasteiger partial charge in [-0.1, -0.05) is 34.6 Å². The summed E-state index contributed by atoms with van der Waals surface area (Å²) in [6, 6.07) is 4.13. The molecule has 0 radical (unpaired) electrons. The third kappa shape index (κ3) is 3.60. The van der Waals surface area contributed by atoms with Crippen LogP contribution in [0.15, 0.2) is 16.5 Å². The first-order chi connectivity index (χ1) is 14.5. The molecule has 0 unspecified atom stereocenters. The van der Waals surface area contributed by atoms with Crippen LogP contribution in [-0.2, 0) is 15.6 Å². The number of aromatic carboxylic acids is 1. The number of carboxylic acids is 1. The second-order valence-corrected chi connectivity index (χ2v) is 9.92. The molecule has 1 N–H and O–H groups in total. The minimum atomic E-state index is -1.11. The van der Waals surface area contributed by atoms with Crippen molar-refractivity contribution in [3.63, 3.8) is 0 Å². The van der Waals surface area contributed by atoms with Crippen LogP contribution in [0.2, 0.25) is 0 Å². The van der Waals surface area contributed by atoms with E-state index < -0.39 is 5.97 Å². The first-order valence-corrected chi connectivity index (χ1v) is 11.0. The first-order valence-electron chi connectivity index (χ1n) is 11.0. The van der Waals surface area contributed by atoms with Crippen LogP contribution in [0.25, 0.3) is 23.5 Å². The Morgan fingerprint density at radius 2 is 1.77 bits per heavy atom. The number of rotatable bonds is 5. The maximum Gasteiger partial charge on any atom is 0.340 e. The van der Waals surface area contributed by atoms with Gasteiger partial charge in [-0.15, -0.1) is 0 Å². The highest BCUT2D eigenvalue weighted by atomic mass is 16.5. The van der Waals surface area contributed by atoms with Crippen LogP contribution < -0.4 is 15.4 Å². The molecule has 0 saturated heterocycles. The molecule has 2 aliphatic carbocycles. The van der Waals surface area contributed by atoms with Crippen LogP contribution in [0.3, 0.4) is 0 Å². The van der Waals surface area contributed by atoms with Gasteiger partial charge in [-0.25, -0.2) is 4.79 Å². The van der Waals surface area contributed by atoms with Crippen molar-refractivity contribution in [2.45, 2.75) is 71.1 Å². The lowest BCUT2D eigenvalue weighted by Gasteiger charge is -2.42. The van der Waals surface area contributed by atoms with Gasteiger partial charge in [0.25, 0.3) is 0 Å². The van der Waals surface area contributed by atoms with Gasteiger partial charge in [0.15, 0.2) is 11.5 Å². The normalized spacial score (nSPS) is 18.4. The number of carbonyl (C=O) groups excluding carboxylic acids is 1. The molecule has 5 heteroatoms. The van der Waals surface area contributed by atoms with Crippen molar-refractivity contribution in [3.05, 3.63) is 39.5 Å². The maximum absolute atomic E-state index is 12.2. The van der Waals surface area contributed by atoms with E-state index in [1.54, 1.807) is 6.08 Å². The number of hydrogen-bond donors (Lipinski definition) is 1. The van der Waals surface area contributed by atoms with Crippen LogP contribution >= 0.6 is 0 Å². The van der Waals surface area contributed by atoms with E-state index in [1.807, 2.05) is 6.92 Å². The molecule has 0 aliphatic heterocycles. The van der Waals surface area contributed by atoms with Gasteiger partial charge >= 0.3 is 5.97 Å². The zero-order valence-electron chi connectivity index (χ0n) is 18.9. The van der Waals surface area contributed by atoms with Crippen LogP contribution in [0.5, 0.6) is 5.75 Å². The summed E-state index contributed by atoms with van der Waals surface area (Å²) in [5, 5.41) is 10.3. The van der Waals surface area contributed by atoms with Gasteiger partial charge in [0.2, 0.25) is 0 Å². The van der Waals surface area contributed by atoms with Crippen molar-refractivity contribution in [1.82, 2.24) is 0 Å². The highest BCUT2D eigenvalue weighted by Gasteiger charge is 2.39. The summed E-state index contributed by atoms with van der Waals surface area (Å²) >= 11 is 0. The SMILES string of the molecule is CCCOc1cc2c(cc1-c1oc3c(c1C(=O)O)=CC(=O)CC=3)C(C)(C)CCC2(C)C. The molecule has 1 aromatic heterocycles. The van der Waals surface area contributed by atoms with E-state index in [9.17, 15) is 14.7 Å². The van der Waals surface area contributed by atoms with Gasteiger partial charge in [-0.2, -0.15) is 0 Å². The Kier molecular flexibility index (Phi) is 5.11. The predicted molar refractivity (Wildman–Crippen MR) is 120 cm³/mol. The number of furan rings is 1. The lowest BCUT2D eigenvalue weighted by Crippen LogP contribution is -2.34. The lowest BCUT2D eigenvalue weighted by atomic mass is 9.63. The number of Topliss-reactive ketones (excluding diaryl/α,β-unsaturated/α-hetero) is 1. The lowest BCUT2D eigenvalue weighted by molar-refractivity contribution is -0.112. The summed E-state index contributed by atoms with van der Waals surface area (Å²) in [6.45, 7) is 11.5. The molecule has 1 heterocycles. The summed E-state index contributed by atoms with van der Waals surface area (Å²) in [7, 11) is 0. The summed E-state index contributed by atoms with van der Waals surface area (Å²) in [5.74, 6) is -0.352. The molecular weight excluding hydrogens is 392 g/mol. The molecular formula is C26H30O5. The van der Waals surface area contributed by atoms with Crippen molar-refractivity contribution in [3.8, 4) is 17.1 Å². The standard InChI is InChI=1S/C26H30O5/c1-6-11-30-21-14-19-18(25(2,3)9-10-26(19,4)5)13-17(21)23-22(24(28)29)16-12-15(27)7-8-20(16)31-23/h8,12-14H,6-7,9-11H2,1-5H3,(H,28,29). The largest absolute Gasteiger partial charge is 0.493 e. The van der Waals surface area contributed by atoms with Crippen molar-refractivity contribution in [2.75, 3.05) is 6.61 Å². The minimum absolute atomic E-state index is 0.000285. The van der Waals surface area contributed by atoms with E-state index >= 15 is 0 Å². The van der Waals surface area contributed by atoms with Gasteiger partial charge < -0.3 is 14.3 Å². The molecule has 0 saturated carbocycles. The van der Waals surface area contributed by atoms with Gasteiger partial charge in [-0.3, -0.25) is 4.79 Å². The number of carbonyl (C=O) groups is 2. The molecule has 0 atom stereocenters. The molecule has 5 nitrogen and oxygen atoms in total. The molecule has 0 fully saturated rings. The molecule has 0 amide bonds. The zero-order chi connectivity index (χ0) is 22.6. The second kappa shape index (κ2) is 7.40. The highest BCUT2D eigenvalue weighted by Crippen LogP contribution is 2.49. The summed E-state index contributed by atoms with van der Waals surface area (Å²) in [5.41, 5.74) is 3.47. The Morgan fingerprint density at radius 1 is 1.13 bits per heavy atom. The topological polar surface area (TPSA) is 76.7 Å². The molecule has 2 aromatic rings. The van der Waals surface area contributed by atoms with Gasteiger partial charge in [0.1, 0.15) is 16.7 Å². The highest BCUT2D eigenvalue weighted by molar-refractivity contribution is 6.11. The predicted octanol–water partition coefficient (Wildman–Crippen LogP) is 4.32. The van der Waals surface area contributed by atoms with Crippen LogP contribution in [0, 0.1) is 0 Å². The van der Waals surface area contributed by atoms with Crippen LogP contribution in [0.4, 0.5) is 0 Å². The van der Waals surface area contributed by atoms with Gasteiger partial charge in [0, 0.05) is 11.6 Å². The van der Waals surface area contributed by atoms with E-state index in [-0.39, 0.29) is 34.4 Å². The number of carboxylic acid groups (broad SMARTS) is 1. The fourth-order valence-corrected chi connectivity index (χ4v) is 4.67. The number of fused-ring (bicyclic) bond motifs is 2. The Hall–Kier alpha value is -2.82. The molecule has 2 aliphatic rings. The van der Waals surface area contributed by atoms with E-state index in [2.05, 4.69) is 39.8 Å². The smallest absolute Gasteiger partial charge is 0.340 e. The van der Waals surface area contributed by atoms with E-state index in [1.165, 1.54) is 17.2 Å². The Bertz CT molecular complexity index is 1190. The summed E-state index contributed by atoms with van der Waals surface area (Å²) in [4.78, 5) is 24.2. The average Bonchev–Trinajstić information content (AvgIpc) is 3.08.